The molecule has 0 aromatic carbocycles. The Balaban J connectivity index is 2.01. The lowest BCUT2D eigenvalue weighted by Gasteiger charge is -2.19. The summed E-state index contributed by atoms with van der Waals surface area (Å²) in [6, 6.07) is 0. The predicted molar refractivity (Wildman–Crippen MR) is 53.8 cm³/mol. The summed E-state index contributed by atoms with van der Waals surface area (Å²) >= 11 is 0. The van der Waals surface area contributed by atoms with E-state index in [4.69, 9.17) is 10.3 Å². The van der Waals surface area contributed by atoms with Crippen LogP contribution in [-0.4, -0.2) is 30.1 Å². The van der Waals surface area contributed by atoms with Gasteiger partial charge in [-0.1, -0.05) is 0 Å². The van der Waals surface area contributed by atoms with Crippen LogP contribution < -0.4 is 5.73 Å². The molecule has 7 heteroatoms. The minimum atomic E-state index is -2.87. The fraction of sp³-hybridized carbons (Fsp3) is 0.750. The highest BCUT2D eigenvalue weighted by molar-refractivity contribution is 7.91. The zero-order valence-electron chi connectivity index (χ0n) is 8.22. The van der Waals surface area contributed by atoms with Crippen LogP contribution in [0.15, 0.2) is 4.52 Å². The third-order valence-corrected chi connectivity index (χ3v) is 4.39. The summed E-state index contributed by atoms with van der Waals surface area (Å²) in [5, 5.41) is 3.46. The molecule has 0 spiro atoms. The quantitative estimate of drug-likeness (QED) is 0.770. The standard InChI is InChI=1S/C8H13N3O3S/c9-8-10-7(14-11-8)4-6-2-1-3-15(12,13)5-6/h6H,1-5H2,(H2,9,11). The molecule has 1 unspecified atom stereocenters. The van der Waals surface area contributed by atoms with E-state index in [9.17, 15) is 8.42 Å². The summed E-state index contributed by atoms with van der Waals surface area (Å²) in [7, 11) is -2.87. The van der Waals surface area contributed by atoms with Gasteiger partial charge < -0.3 is 10.3 Å². The molecule has 84 valence electrons. The second kappa shape index (κ2) is 3.80. The van der Waals surface area contributed by atoms with Gasteiger partial charge in [0.05, 0.1) is 11.5 Å². The third-order valence-electron chi connectivity index (χ3n) is 2.50. The molecule has 2 N–H and O–H groups in total. The topological polar surface area (TPSA) is 99.1 Å². The van der Waals surface area contributed by atoms with Crippen molar-refractivity contribution in [3.63, 3.8) is 0 Å². The summed E-state index contributed by atoms with van der Waals surface area (Å²) in [4.78, 5) is 3.86. The number of rotatable bonds is 2. The summed E-state index contributed by atoms with van der Waals surface area (Å²) in [6.07, 6.45) is 2.11. The SMILES string of the molecule is Nc1noc(CC2CCCS(=O)(=O)C2)n1. The van der Waals surface area contributed by atoms with Gasteiger partial charge in [0, 0.05) is 6.42 Å². The van der Waals surface area contributed by atoms with Crippen molar-refractivity contribution in [3.8, 4) is 0 Å². The molecule has 1 aromatic rings. The van der Waals surface area contributed by atoms with Crippen molar-refractivity contribution in [2.45, 2.75) is 19.3 Å². The van der Waals surface area contributed by atoms with Gasteiger partial charge in [0.1, 0.15) is 0 Å². The Morgan fingerprint density at radius 2 is 2.33 bits per heavy atom. The van der Waals surface area contributed by atoms with Gasteiger partial charge in [0.15, 0.2) is 9.84 Å². The van der Waals surface area contributed by atoms with Crippen LogP contribution in [0.25, 0.3) is 0 Å². The Morgan fingerprint density at radius 3 is 2.93 bits per heavy atom. The van der Waals surface area contributed by atoms with Crippen LogP contribution in [0.5, 0.6) is 0 Å². The molecular formula is C8H13N3O3S. The van der Waals surface area contributed by atoms with Gasteiger partial charge in [-0.15, -0.1) is 0 Å². The number of aromatic nitrogens is 2. The first kappa shape index (κ1) is 10.4. The van der Waals surface area contributed by atoms with E-state index in [0.29, 0.717) is 18.1 Å². The average molecular weight is 231 g/mol. The summed E-state index contributed by atoms with van der Waals surface area (Å²) < 4.78 is 27.6. The van der Waals surface area contributed by atoms with Crippen LogP contribution >= 0.6 is 0 Å². The first-order chi connectivity index (χ1) is 7.05. The van der Waals surface area contributed by atoms with Gasteiger partial charge in [-0.2, -0.15) is 4.98 Å². The number of nitrogen functional groups attached to an aromatic ring is 1. The Labute approximate surface area is 87.8 Å². The van der Waals surface area contributed by atoms with Crippen molar-refractivity contribution in [1.29, 1.82) is 0 Å². The number of nitrogens with zero attached hydrogens (tertiary/aromatic N) is 2. The first-order valence-electron chi connectivity index (χ1n) is 4.84. The lowest BCUT2D eigenvalue weighted by molar-refractivity contribution is 0.350. The minimum Gasteiger partial charge on any atom is -0.365 e. The van der Waals surface area contributed by atoms with Crippen molar-refractivity contribution in [2.24, 2.45) is 5.92 Å². The van der Waals surface area contributed by atoms with Gasteiger partial charge >= 0.3 is 0 Å². The number of hydrogen-bond acceptors (Lipinski definition) is 6. The van der Waals surface area contributed by atoms with Crippen LogP contribution in [0.1, 0.15) is 18.7 Å². The highest BCUT2D eigenvalue weighted by Gasteiger charge is 2.26. The molecule has 2 rings (SSSR count). The number of anilines is 1. The molecule has 0 aliphatic carbocycles. The summed E-state index contributed by atoms with van der Waals surface area (Å²) in [6.45, 7) is 0. The molecule has 0 radical (unpaired) electrons. The lowest BCUT2D eigenvalue weighted by Crippen LogP contribution is -2.26. The zero-order valence-corrected chi connectivity index (χ0v) is 9.03. The molecule has 1 aliphatic rings. The van der Waals surface area contributed by atoms with Gasteiger partial charge in [-0.05, 0) is 23.9 Å². The summed E-state index contributed by atoms with van der Waals surface area (Å²) in [5.41, 5.74) is 5.30. The second-order valence-electron chi connectivity index (χ2n) is 3.87. The van der Waals surface area contributed by atoms with E-state index in [1.807, 2.05) is 0 Å². The molecule has 15 heavy (non-hydrogen) atoms. The number of nitrogens with two attached hydrogens (primary N) is 1. The highest BCUT2D eigenvalue weighted by Crippen LogP contribution is 2.21. The molecule has 6 nitrogen and oxygen atoms in total. The largest absolute Gasteiger partial charge is 0.365 e. The minimum absolute atomic E-state index is 0.0867. The predicted octanol–water partition coefficient (Wildman–Crippen LogP) is 0.0191. The van der Waals surface area contributed by atoms with Gasteiger partial charge in [-0.25, -0.2) is 8.42 Å². The van der Waals surface area contributed by atoms with Gasteiger partial charge in [0.2, 0.25) is 5.89 Å². The molecule has 1 aliphatic heterocycles. The van der Waals surface area contributed by atoms with Crippen LogP contribution in [0, 0.1) is 5.92 Å². The van der Waals surface area contributed by atoms with E-state index in [1.54, 1.807) is 0 Å². The second-order valence-corrected chi connectivity index (χ2v) is 6.10. The molecule has 1 atom stereocenters. The Morgan fingerprint density at radius 1 is 1.53 bits per heavy atom. The van der Waals surface area contributed by atoms with E-state index in [-0.39, 0.29) is 17.6 Å². The van der Waals surface area contributed by atoms with Crippen molar-refractivity contribution >= 4 is 15.8 Å². The first-order valence-corrected chi connectivity index (χ1v) is 6.66. The molecule has 0 bridgehead atoms. The van der Waals surface area contributed by atoms with Crippen LogP contribution in [0.3, 0.4) is 0 Å². The molecule has 0 saturated carbocycles. The fourth-order valence-electron chi connectivity index (χ4n) is 1.88. The number of hydrogen-bond donors (Lipinski definition) is 1. The molecular weight excluding hydrogens is 218 g/mol. The monoisotopic (exact) mass is 231 g/mol. The maximum absolute atomic E-state index is 11.4. The lowest BCUT2D eigenvalue weighted by atomic mass is 10.0. The smallest absolute Gasteiger partial charge is 0.260 e. The Kier molecular flexibility index (Phi) is 2.64. The van der Waals surface area contributed by atoms with Crippen molar-refractivity contribution in [2.75, 3.05) is 17.2 Å². The fourth-order valence-corrected chi connectivity index (χ4v) is 3.65. The van der Waals surface area contributed by atoms with E-state index < -0.39 is 9.84 Å². The Bertz CT molecular complexity index is 440. The zero-order chi connectivity index (χ0) is 10.9. The third kappa shape index (κ3) is 2.68. The van der Waals surface area contributed by atoms with Crippen molar-refractivity contribution < 1.29 is 12.9 Å². The average Bonchev–Trinajstić information content (AvgIpc) is 2.49. The normalized spacial score (nSPS) is 25.2. The van der Waals surface area contributed by atoms with Gasteiger partial charge in [-0.3, -0.25) is 0 Å². The summed E-state index contributed by atoms with van der Waals surface area (Å²) in [5.74, 6) is 1.13. The molecule has 2 heterocycles. The molecule has 1 saturated heterocycles. The molecule has 1 aromatic heterocycles. The maximum atomic E-state index is 11.4. The van der Waals surface area contributed by atoms with Gasteiger partial charge in [0.25, 0.3) is 5.95 Å². The Hall–Kier alpha value is -1.11. The highest BCUT2D eigenvalue weighted by atomic mass is 32.2. The molecule has 1 fully saturated rings. The molecule has 0 amide bonds. The van der Waals surface area contributed by atoms with Crippen molar-refractivity contribution in [1.82, 2.24) is 10.1 Å². The van der Waals surface area contributed by atoms with E-state index >= 15 is 0 Å². The maximum Gasteiger partial charge on any atom is 0.260 e. The van der Waals surface area contributed by atoms with Crippen LogP contribution in [0.4, 0.5) is 5.95 Å². The van der Waals surface area contributed by atoms with E-state index in [0.717, 1.165) is 12.8 Å². The van der Waals surface area contributed by atoms with Crippen molar-refractivity contribution in [3.05, 3.63) is 5.89 Å². The van der Waals surface area contributed by atoms with E-state index in [2.05, 4.69) is 10.1 Å². The van der Waals surface area contributed by atoms with E-state index in [1.165, 1.54) is 0 Å². The van der Waals surface area contributed by atoms with Crippen LogP contribution in [-0.2, 0) is 16.3 Å². The van der Waals surface area contributed by atoms with Crippen LogP contribution in [0.2, 0.25) is 0 Å². The number of sulfone groups is 1.